The number of anilines is 1. The Labute approximate surface area is 204 Å². The van der Waals surface area contributed by atoms with Gasteiger partial charge in [0.2, 0.25) is 0 Å². The SMILES string of the molecule is COc1cc(OC)c2c(=O)cc(-c3cccc(NC(C)C)c3Cl)oc2c1[C@H]1CCN(C)[C@@H]1CO. The molecule has 0 spiro atoms. The van der Waals surface area contributed by atoms with E-state index in [0.29, 0.717) is 38.8 Å². The van der Waals surface area contributed by atoms with Crippen LogP contribution in [0.1, 0.15) is 31.7 Å². The summed E-state index contributed by atoms with van der Waals surface area (Å²) in [5.74, 6) is 1.22. The van der Waals surface area contributed by atoms with Crippen molar-refractivity contribution in [2.75, 3.05) is 39.7 Å². The number of rotatable bonds is 7. The zero-order chi connectivity index (χ0) is 24.6. The fraction of sp³-hybridized carbons (Fsp3) is 0.423. The predicted molar refractivity (Wildman–Crippen MR) is 136 cm³/mol. The smallest absolute Gasteiger partial charge is 0.197 e. The fourth-order valence-corrected chi connectivity index (χ4v) is 5.14. The Kier molecular flexibility index (Phi) is 7.07. The van der Waals surface area contributed by atoms with E-state index in [-0.39, 0.29) is 30.0 Å². The highest BCUT2D eigenvalue weighted by atomic mass is 35.5. The molecule has 0 amide bonds. The van der Waals surface area contributed by atoms with Crippen molar-refractivity contribution < 1.29 is 19.0 Å². The van der Waals surface area contributed by atoms with Gasteiger partial charge in [0, 0.05) is 41.3 Å². The molecule has 2 N–H and O–H groups in total. The lowest BCUT2D eigenvalue weighted by atomic mass is 9.89. The minimum absolute atomic E-state index is 0.0173. The third-order valence-corrected chi connectivity index (χ3v) is 6.90. The van der Waals surface area contributed by atoms with E-state index in [0.717, 1.165) is 24.2 Å². The third kappa shape index (κ3) is 4.24. The number of likely N-dealkylation sites (tertiary alicyclic amines) is 1. The van der Waals surface area contributed by atoms with Crippen LogP contribution in [0.25, 0.3) is 22.3 Å². The van der Waals surface area contributed by atoms with Crippen LogP contribution in [0.5, 0.6) is 11.5 Å². The van der Waals surface area contributed by atoms with E-state index in [2.05, 4.69) is 10.2 Å². The first kappa shape index (κ1) is 24.4. The number of nitrogens with one attached hydrogen (secondary N) is 1. The van der Waals surface area contributed by atoms with Crippen LogP contribution >= 0.6 is 11.6 Å². The molecule has 1 aliphatic heterocycles. The zero-order valence-electron chi connectivity index (χ0n) is 20.1. The molecule has 182 valence electrons. The van der Waals surface area contributed by atoms with Crippen molar-refractivity contribution in [1.29, 1.82) is 0 Å². The molecule has 1 aromatic heterocycles. The molecule has 3 aromatic rings. The van der Waals surface area contributed by atoms with E-state index in [1.54, 1.807) is 13.2 Å². The number of likely N-dealkylation sites (N-methyl/N-ethyl adjacent to an activating group) is 1. The Bertz CT molecular complexity index is 1260. The highest BCUT2D eigenvalue weighted by Crippen LogP contribution is 2.45. The predicted octanol–water partition coefficient (Wildman–Crippen LogP) is 4.73. The number of fused-ring (bicyclic) bond motifs is 1. The third-order valence-electron chi connectivity index (χ3n) is 6.50. The number of ether oxygens (including phenoxy) is 2. The number of benzene rings is 2. The number of hydrogen-bond acceptors (Lipinski definition) is 7. The lowest BCUT2D eigenvalue weighted by Gasteiger charge is -2.25. The second kappa shape index (κ2) is 9.86. The van der Waals surface area contributed by atoms with Crippen molar-refractivity contribution in [3.05, 3.63) is 51.1 Å². The normalized spacial score (nSPS) is 18.6. The summed E-state index contributed by atoms with van der Waals surface area (Å²) in [4.78, 5) is 15.5. The molecule has 1 fully saturated rings. The molecule has 4 rings (SSSR count). The molecule has 2 aromatic carbocycles. The van der Waals surface area contributed by atoms with Crippen molar-refractivity contribution in [1.82, 2.24) is 4.90 Å². The highest BCUT2D eigenvalue weighted by Gasteiger charge is 2.37. The molecule has 0 aliphatic carbocycles. The van der Waals surface area contributed by atoms with Gasteiger partial charge in [0.1, 0.15) is 28.2 Å². The van der Waals surface area contributed by atoms with Gasteiger partial charge in [-0.15, -0.1) is 0 Å². The van der Waals surface area contributed by atoms with Crippen molar-refractivity contribution in [2.24, 2.45) is 0 Å². The second-order valence-electron chi connectivity index (χ2n) is 8.97. The van der Waals surface area contributed by atoms with Gasteiger partial charge < -0.3 is 29.2 Å². The summed E-state index contributed by atoms with van der Waals surface area (Å²) in [6, 6.07) is 8.83. The summed E-state index contributed by atoms with van der Waals surface area (Å²) in [6.45, 7) is 4.85. The van der Waals surface area contributed by atoms with Gasteiger partial charge in [-0.05, 0) is 46.0 Å². The summed E-state index contributed by atoms with van der Waals surface area (Å²) >= 11 is 6.73. The van der Waals surface area contributed by atoms with E-state index in [9.17, 15) is 9.90 Å². The van der Waals surface area contributed by atoms with E-state index in [1.807, 2.05) is 39.1 Å². The van der Waals surface area contributed by atoms with Crippen molar-refractivity contribution >= 4 is 28.3 Å². The summed E-state index contributed by atoms with van der Waals surface area (Å²) in [6.07, 6.45) is 0.794. The Morgan fingerprint density at radius 2 is 1.97 bits per heavy atom. The topological polar surface area (TPSA) is 84.2 Å². The van der Waals surface area contributed by atoms with Gasteiger partial charge in [0.15, 0.2) is 5.43 Å². The van der Waals surface area contributed by atoms with E-state index >= 15 is 0 Å². The summed E-state index contributed by atoms with van der Waals surface area (Å²) < 4.78 is 17.7. The molecule has 1 aliphatic rings. The standard InChI is InChI=1S/C26H31ClN2O5/c1-14(2)28-17-8-6-7-16(25(17)27)20-11-19(31)24-22(33-5)12-21(32-4)23(26(24)34-20)15-9-10-29(3)18(15)13-30/h6-8,11-12,14-15,18,28,30H,9-10,13H2,1-5H3/t15-,18+/m0/s1. The molecule has 0 radical (unpaired) electrons. The number of aliphatic hydroxyl groups excluding tert-OH is 1. The van der Waals surface area contributed by atoms with Crippen LogP contribution < -0.4 is 20.2 Å². The van der Waals surface area contributed by atoms with Crippen LogP contribution in [-0.2, 0) is 0 Å². The molecular weight excluding hydrogens is 456 g/mol. The maximum atomic E-state index is 13.4. The quantitative estimate of drug-likeness (QED) is 0.499. The molecule has 1 saturated heterocycles. The van der Waals surface area contributed by atoms with Crippen LogP contribution in [0.4, 0.5) is 5.69 Å². The molecule has 2 heterocycles. The van der Waals surface area contributed by atoms with E-state index in [4.69, 9.17) is 25.5 Å². The fourth-order valence-electron chi connectivity index (χ4n) is 4.87. The molecule has 2 atom stereocenters. The Morgan fingerprint density at radius 1 is 1.24 bits per heavy atom. The summed E-state index contributed by atoms with van der Waals surface area (Å²) in [5.41, 5.74) is 2.30. The minimum Gasteiger partial charge on any atom is -0.496 e. The molecular formula is C26H31ClN2O5. The number of aliphatic hydroxyl groups is 1. The van der Waals surface area contributed by atoms with Gasteiger partial charge in [-0.2, -0.15) is 0 Å². The van der Waals surface area contributed by atoms with Crippen LogP contribution in [0.15, 0.2) is 39.5 Å². The Balaban J connectivity index is 2.01. The highest BCUT2D eigenvalue weighted by molar-refractivity contribution is 6.35. The number of methoxy groups -OCH3 is 2. The average molecular weight is 487 g/mol. The van der Waals surface area contributed by atoms with Crippen molar-refractivity contribution in [3.8, 4) is 22.8 Å². The maximum absolute atomic E-state index is 13.4. The lowest BCUT2D eigenvalue weighted by molar-refractivity contribution is 0.171. The maximum Gasteiger partial charge on any atom is 0.197 e. The van der Waals surface area contributed by atoms with Crippen molar-refractivity contribution in [2.45, 2.75) is 38.3 Å². The van der Waals surface area contributed by atoms with Gasteiger partial charge in [-0.1, -0.05) is 17.7 Å². The molecule has 0 saturated carbocycles. The molecule has 7 nitrogen and oxygen atoms in total. The zero-order valence-corrected chi connectivity index (χ0v) is 20.9. The monoisotopic (exact) mass is 486 g/mol. The molecule has 34 heavy (non-hydrogen) atoms. The number of nitrogens with zero attached hydrogens (tertiary/aromatic N) is 1. The summed E-state index contributed by atoms with van der Waals surface area (Å²) in [7, 11) is 5.07. The first-order valence-electron chi connectivity index (χ1n) is 11.4. The largest absolute Gasteiger partial charge is 0.496 e. The molecule has 0 unspecified atom stereocenters. The Morgan fingerprint density at radius 3 is 2.62 bits per heavy atom. The summed E-state index contributed by atoms with van der Waals surface area (Å²) in [5, 5.41) is 14.3. The lowest BCUT2D eigenvalue weighted by Crippen LogP contribution is -2.32. The van der Waals surface area contributed by atoms with Crippen LogP contribution in [0.2, 0.25) is 5.02 Å². The van der Waals surface area contributed by atoms with Gasteiger partial charge in [-0.3, -0.25) is 4.79 Å². The van der Waals surface area contributed by atoms with Crippen molar-refractivity contribution in [3.63, 3.8) is 0 Å². The Hall–Kier alpha value is -2.74. The average Bonchev–Trinajstić information content (AvgIpc) is 3.18. The van der Waals surface area contributed by atoms with Crippen LogP contribution in [0, 0.1) is 0 Å². The molecule has 8 heteroatoms. The van der Waals surface area contributed by atoms with Crippen LogP contribution in [0.3, 0.4) is 0 Å². The van der Waals surface area contributed by atoms with Gasteiger partial charge in [0.25, 0.3) is 0 Å². The van der Waals surface area contributed by atoms with Gasteiger partial charge in [-0.25, -0.2) is 0 Å². The first-order valence-corrected chi connectivity index (χ1v) is 11.8. The molecule has 0 bridgehead atoms. The van der Waals surface area contributed by atoms with E-state index in [1.165, 1.54) is 13.2 Å². The van der Waals surface area contributed by atoms with E-state index < -0.39 is 0 Å². The van der Waals surface area contributed by atoms with Gasteiger partial charge >= 0.3 is 0 Å². The van der Waals surface area contributed by atoms with Gasteiger partial charge in [0.05, 0.1) is 31.5 Å². The minimum atomic E-state index is -0.234. The second-order valence-corrected chi connectivity index (χ2v) is 9.34. The number of halogens is 1. The first-order chi connectivity index (χ1) is 16.3. The van der Waals surface area contributed by atoms with Crippen LogP contribution in [-0.4, -0.2) is 56.5 Å². The number of hydrogen-bond donors (Lipinski definition) is 2.